The molecule has 4 rings (SSSR count). The van der Waals surface area contributed by atoms with Crippen molar-refractivity contribution >= 4 is 50.6 Å². The summed E-state index contributed by atoms with van der Waals surface area (Å²) in [5.74, 6) is -2.84. The largest absolute Gasteiger partial charge is 0.777 e. The lowest BCUT2D eigenvalue weighted by atomic mass is 10.1. The summed E-state index contributed by atoms with van der Waals surface area (Å²) in [6.07, 6.45) is 3.78. The maximum atomic E-state index is 14.1. The number of thiophene rings is 1. The summed E-state index contributed by atoms with van der Waals surface area (Å²) in [6.45, 7) is 2.42. The third kappa shape index (κ3) is 6.06. The van der Waals surface area contributed by atoms with Crippen LogP contribution in [0.15, 0.2) is 65.1 Å². The Hall–Kier alpha value is -2.88. The maximum Gasteiger partial charge on any atom is 0.251 e. The van der Waals surface area contributed by atoms with Crippen molar-refractivity contribution in [1.29, 1.82) is 5.26 Å². The Morgan fingerprint density at radius 2 is 2.00 bits per heavy atom. The summed E-state index contributed by atoms with van der Waals surface area (Å²) in [5, 5.41) is 9.62. The van der Waals surface area contributed by atoms with E-state index >= 15 is 0 Å². The molecule has 0 saturated heterocycles. The van der Waals surface area contributed by atoms with E-state index < -0.39 is 34.8 Å². The topological polar surface area (TPSA) is 143 Å². The summed E-state index contributed by atoms with van der Waals surface area (Å²) in [6, 6.07) is 13.2. The minimum atomic E-state index is -5.40. The van der Waals surface area contributed by atoms with Crippen molar-refractivity contribution in [3.8, 4) is 11.8 Å². The molecular weight excluding hydrogens is 576 g/mol. The third-order valence-corrected chi connectivity index (χ3v) is 10.6. The van der Waals surface area contributed by atoms with Crippen LogP contribution in [0.2, 0.25) is 5.02 Å². The van der Waals surface area contributed by atoms with Crippen LogP contribution < -0.4 is 18.9 Å². The Labute approximate surface area is 226 Å². The Morgan fingerprint density at radius 1 is 1.29 bits per heavy atom. The van der Waals surface area contributed by atoms with Gasteiger partial charge in [-0.2, -0.15) is 9.98 Å². The van der Waals surface area contributed by atoms with Gasteiger partial charge in [0.15, 0.2) is 26.5 Å². The number of benzene rings is 2. The van der Waals surface area contributed by atoms with Crippen molar-refractivity contribution in [2.45, 2.75) is 23.5 Å². The Kier molecular flexibility index (Phi) is 8.20. The molecule has 198 valence electrons. The fourth-order valence-corrected chi connectivity index (χ4v) is 8.36. The SMILES string of the molecule is Cc1c(S(=O)(=O)NC(c2ccc(C#N)c(F)c2)P(=O)([O-])O)sc2c(Cl)cc(OCC[n+]3ccccc3)cc12. The van der Waals surface area contributed by atoms with Crippen molar-refractivity contribution in [2.75, 3.05) is 6.61 Å². The molecule has 0 bridgehead atoms. The zero-order chi connectivity index (χ0) is 27.7. The highest BCUT2D eigenvalue weighted by atomic mass is 35.5. The van der Waals surface area contributed by atoms with Gasteiger partial charge < -0.3 is 19.1 Å². The van der Waals surface area contributed by atoms with Crippen LogP contribution in [0.5, 0.6) is 5.75 Å². The summed E-state index contributed by atoms with van der Waals surface area (Å²) in [7, 11) is -9.94. The molecule has 2 aromatic carbocycles. The van der Waals surface area contributed by atoms with Gasteiger partial charge in [0.2, 0.25) is 0 Å². The second-order valence-corrected chi connectivity index (χ2v) is 13.2. The minimum Gasteiger partial charge on any atom is -0.777 e. The predicted octanol–water partition coefficient (Wildman–Crippen LogP) is 3.76. The molecule has 2 unspecified atom stereocenters. The average Bonchev–Trinajstić information content (AvgIpc) is 3.20. The molecule has 14 heteroatoms. The number of pyridine rings is 1. The Balaban J connectivity index is 1.64. The molecule has 9 nitrogen and oxygen atoms in total. The molecule has 0 fully saturated rings. The number of aromatic nitrogens is 1. The zero-order valence-corrected chi connectivity index (χ0v) is 23.0. The van der Waals surface area contributed by atoms with Gasteiger partial charge in [-0.05, 0) is 36.2 Å². The van der Waals surface area contributed by atoms with Crippen molar-refractivity contribution < 1.29 is 36.5 Å². The summed E-state index contributed by atoms with van der Waals surface area (Å²) >= 11 is 7.23. The van der Waals surface area contributed by atoms with Gasteiger partial charge in [-0.1, -0.05) is 23.7 Å². The molecule has 0 aliphatic heterocycles. The lowest BCUT2D eigenvalue weighted by Gasteiger charge is -2.28. The number of sulfonamides is 1. The number of fused-ring (bicyclic) bond motifs is 1. The molecule has 0 spiro atoms. The molecule has 0 saturated carbocycles. The number of nitriles is 1. The Bertz CT molecular complexity index is 1700. The number of nitrogens with one attached hydrogen (secondary N) is 1. The van der Waals surface area contributed by atoms with E-state index in [9.17, 15) is 27.2 Å². The van der Waals surface area contributed by atoms with Crippen LogP contribution in [0.25, 0.3) is 10.1 Å². The summed E-state index contributed by atoms with van der Waals surface area (Å²) in [4.78, 5) is 21.9. The molecule has 2 atom stereocenters. The van der Waals surface area contributed by atoms with Gasteiger partial charge in [-0.3, -0.25) is 0 Å². The first-order valence-corrected chi connectivity index (χ1v) is 15.3. The molecule has 38 heavy (non-hydrogen) atoms. The van der Waals surface area contributed by atoms with E-state index in [2.05, 4.69) is 0 Å². The van der Waals surface area contributed by atoms with Gasteiger partial charge in [0.1, 0.15) is 34.2 Å². The molecule has 2 aromatic heterocycles. The smallest absolute Gasteiger partial charge is 0.251 e. The minimum absolute atomic E-state index is 0.237. The lowest BCUT2D eigenvalue weighted by molar-refractivity contribution is -0.697. The first kappa shape index (κ1) is 28.1. The molecule has 0 amide bonds. The van der Waals surface area contributed by atoms with Crippen LogP contribution in [0.1, 0.15) is 22.5 Å². The van der Waals surface area contributed by atoms with Gasteiger partial charge in [0, 0.05) is 23.6 Å². The van der Waals surface area contributed by atoms with Gasteiger partial charge in [0.05, 0.1) is 15.3 Å². The summed E-state index contributed by atoms with van der Waals surface area (Å²) < 4.78 is 62.7. The van der Waals surface area contributed by atoms with E-state index in [1.807, 2.05) is 39.9 Å². The predicted molar refractivity (Wildman–Crippen MR) is 138 cm³/mol. The van der Waals surface area contributed by atoms with Crippen molar-refractivity contribution in [3.05, 3.63) is 88.5 Å². The van der Waals surface area contributed by atoms with Gasteiger partial charge in [-0.15, -0.1) is 11.3 Å². The molecule has 2 N–H and O–H groups in total. The van der Waals surface area contributed by atoms with Gasteiger partial charge in [-0.25, -0.2) is 17.4 Å². The first-order valence-electron chi connectivity index (χ1n) is 11.0. The van der Waals surface area contributed by atoms with Crippen LogP contribution in [-0.2, 0) is 21.1 Å². The highest BCUT2D eigenvalue weighted by molar-refractivity contribution is 7.92. The lowest BCUT2D eigenvalue weighted by Crippen LogP contribution is -2.35. The second kappa shape index (κ2) is 11.1. The van der Waals surface area contributed by atoms with E-state index in [-0.39, 0.29) is 20.4 Å². The standard InChI is InChI=1S/C24H20ClFN3O6PS2/c1-15-19-12-18(35-10-9-29-7-3-2-4-8-29)13-20(25)22(19)37-24(15)38(33,34)28-23(36(30,31)32)16-5-6-17(14-27)21(26)11-16/h2-8,11-13,23,28H,9-10H2,1H3,(H-,30,31,32). The number of aryl methyl sites for hydroxylation is 1. The second-order valence-electron chi connectivity index (χ2n) is 8.20. The molecule has 0 aliphatic rings. The first-order chi connectivity index (χ1) is 17.9. The van der Waals surface area contributed by atoms with Crippen molar-refractivity contribution in [3.63, 3.8) is 0 Å². The number of hydrogen-bond donors (Lipinski definition) is 2. The van der Waals surface area contributed by atoms with E-state index in [4.69, 9.17) is 21.6 Å². The quantitative estimate of drug-likeness (QED) is 0.221. The molecule has 0 radical (unpaired) electrons. The van der Waals surface area contributed by atoms with E-state index in [1.165, 1.54) is 6.92 Å². The monoisotopic (exact) mass is 595 g/mol. The molecule has 0 aliphatic carbocycles. The number of hydrogen-bond acceptors (Lipinski definition) is 7. The van der Waals surface area contributed by atoms with E-state index in [1.54, 1.807) is 18.2 Å². The number of nitrogens with zero attached hydrogens (tertiary/aromatic N) is 2. The molecule has 4 aromatic rings. The van der Waals surface area contributed by atoms with Crippen LogP contribution in [0.3, 0.4) is 0 Å². The highest BCUT2D eigenvalue weighted by Gasteiger charge is 2.32. The highest BCUT2D eigenvalue weighted by Crippen LogP contribution is 2.48. The van der Waals surface area contributed by atoms with E-state index in [0.29, 0.717) is 35.1 Å². The zero-order valence-electron chi connectivity index (χ0n) is 19.7. The molecular formula is C24H20ClFN3O6PS2. The third-order valence-electron chi connectivity index (χ3n) is 5.58. The van der Waals surface area contributed by atoms with Crippen LogP contribution >= 0.6 is 30.5 Å². The van der Waals surface area contributed by atoms with Crippen molar-refractivity contribution in [2.24, 2.45) is 0 Å². The van der Waals surface area contributed by atoms with Crippen LogP contribution in [0, 0.1) is 24.1 Å². The van der Waals surface area contributed by atoms with Gasteiger partial charge >= 0.3 is 0 Å². The normalized spacial score (nSPS) is 14.1. The Morgan fingerprint density at radius 3 is 2.63 bits per heavy atom. The number of halogens is 2. The number of ether oxygens (including phenoxy) is 1. The van der Waals surface area contributed by atoms with Crippen molar-refractivity contribution in [1.82, 2.24) is 4.72 Å². The van der Waals surface area contributed by atoms with Crippen LogP contribution in [-0.4, -0.2) is 19.9 Å². The fraction of sp³-hybridized carbons (Fsp3) is 0.167. The maximum absolute atomic E-state index is 14.1. The van der Waals surface area contributed by atoms with E-state index in [0.717, 1.165) is 23.5 Å². The molecule has 2 heterocycles. The summed E-state index contributed by atoms with van der Waals surface area (Å²) in [5.41, 5.74) is -0.482. The van der Waals surface area contributed by atoms with Gasteiger partial charge in [0.25, 0.3) is 10.0 Å². The number of rotatable bonds is 9. The average molecular weight is 596 g/mol. The fourth-order valence-electron chi connectivity index (χ4n) is 3.74. The van der Waals surface area contributed by atoms with Crippen LogP contribution in [0.4, 0.5) is 4.39 Å².